The Hall–Kier alpha value is -1.79. The molecular weight excluding hydrogens is 288 g/mol. The van der Waals surface area contributed by atoms with Crippen molar-refractivity contribution in [3.8, 4) is 0 Å². The van der Waals surface area contributed by atoms with Crippen LogP contribution in [0.5, 0.6) is 0 Å². The molecule has 2 aromatic rings. The molecule has 0 saturated carbocycles. The van der Waals surface area contributed by atoms with Crippen LogP contribution >= 0.6 is 0 Å². The Kier molecular flexibility index (Phi) is 4.49. The van der Waals surface area contributed by atoms with Gasteiger partial charge in [-0.05, 0) is 43.5 Å². The lowest BCUT2D eigenvalue weighted by Crippen LogP contribution is -2.36. The second-order valence-corrected chi connectivity index (χ2v) is 5.79. The smallest absolute Gasteiger partial charge is 0.131 e. The zero-order valence-electron chi connectivity index (χ0n) is 12.2. The zero-order valence-corrected chi connectivity index (χ0v) is 12.2. The summed E-state index contributed by atoms with van der Waals surface area (Å²) < 4.78 is 26.6. The maximum atomic E-state index is 13.7. The van der Waals surface area contributed by atoms with Gasteiger partial charge >= 0.3 is 0 Å². The Bertz CT molecular complexity index is 610. The van der Waals surface area contributed by atoms with Gasteiger partial charge in [0.25, 0.3) is 0 Å². The second-order valence-electron chi connectivity index (χ2n) is 5.79. The monoisotopic (exact) mass is 307 g/mol. The molecule has 1 aliphatic heterocycles. The first kappa shape index (κ1) is 15.1. The number of aromatic nitrogens is 2. The number of hydrogen-bond acceptors (Lipinski definition) is 3. The molecular formula is C16H19F2N3O. The summed E-state index contributed by atoms with van der Waals surface area (Å²) in [5.41, 5.74) is 1.36. The summed E-state index contributed by atoms with van der Waals surface area (Å²) >= 11 is 0. The van der Waals surface area contributed by atoms with Crippen LogP contribution in [0.2, 0.25) is 0 Å². The van der Waals surface area contributed by atoms with Gasteiger partial charge in [-0.3, -0.25) is 5.10 Å². The molecule has 2 N–H and O–H groups in total. The van der Waals surface area contributed by atoms with Gasteiger partial charge in [0.05, 0.1) is 12.3 Å². The molecule has 4 nitrogen and oxygen atoms in total. The average Bonchev–Trinajstić information content (AvgIpc) is 3.02. The van der Waals surface area contributed by atoms with E-state index in [1.807, 2.05) is 12.4 Å². The van der Waals surface area contributed by atoms with Gasteiger partial charge in [0.15, 0.2) is 0 Å². The van der Waals surface area contributed by atoms with Crippen molar-refractivity contribution in [1.29, 1.82) is 0 Å². The Morgan fingerprint density at radius 3 is 2.73 bits per heavy atom. The number of likely N-dealkylation sites (tertiary alicyclic amines) is 1. The van der Waals surface area contributed by atoms with Crippen molar-refractivity contribution in [3.63, 3.8) is 0 Å². The lowest BCUT2D eigenvalue weighted by atomic mass is 9.91. The van der Waals surface area contributed by atoms with Crippen LogP contribution in [-0.4, -0.2) is 39.8 Å². The van der Waals surface area contributed by atoms with E-state index < -0.39 is 17.7 Å². The van der Waals surface area contributed by atoms with Crippen molar-refractivity contribution >= 4 is 0 Å². The molecule has 1 aromatic carbocycles. The molecule has 0 amide bonds. The van der Waals surface area contributed by atoms with Crippen LogP contribution in [0.15, 0.2) is 30.6 Å². The number of nitrogens with one attached hydrogen (secondary N) is 1. The molecule has 0 unspecified atom stereocenters. The highest BCUT2D eigenvalue weighted by Crippen LogP contribution is 2.28. The third-order valence-electron chi connectivity index (χ3n) is 4.33. The van der Waals surface area contributed by atoms with E-state index in [1.54, 1.807) is 0 Å². The fourth-order valence-electron chi connectivity index (χ4n) is 3.05. The summed E-state index contributed by atoms with van der Waals surface area (Å²) in [6, 6.07) is 3.30. The highest BCUT2D eigenvalue weighted by molar-refractivity contribution is 5.21. The molecule has 3 rings (SSSR count). The van der Waals surface area contributed by atoms with Gasteiger partial charge in [0, 0.05) is 24.4 Å². The molecule has 1 fully saturated rings. The lowest BCUT2D eigenvalue weighted by Gasteiger charge is -2.32. The first-order chi connectivity index (χ1) is 10.6. The number of nitrogens with zero attached hydrogens (tertiary/aromatic N) is 2. The first-order valence-electron chi connectivity index (χ1n) is 7.47. The normalized spacial score (nSPS) is 18.5. The van der Waals surface area contributed by atoms with E-state index in [1.165, 1.54) is 17.7 Å². The van der Waals surface area contributed by atoms with Gasteiger partial charge in [-0.1, -0.05) is 6.07 Å². The van der Waals surface area contributed by atoms with E-state index in [0.717, 1.165) is 32.0 Å². The number of aliphatic hydroxyl groups is 1. The Morgan fingerprint density at radius 2 is 2.09 bits per heavy atom. The van der Waals surface area contributed by atoms with Crippen molar-refractivity contribution in [1.82, 2.24) is 15.1 Å². The first-order valence-corrected chi connectivity index (χ1v) is 7.47. The molecule has 6 heteroatoms. The summed E-state index contributed by atoms with van der Waals surface area (Å²) in [6.07, 6.45) is 4.80. The van der Waals surface area contributed by atoms with Crippen molar-refractivity contribution in [2.75, 3.05) is 19.6 Å². The number of β-amino-alcohol motifs (C(OH)–C–C–N with tert-alkyl or cyclic N) is 1. The highest BCUT2D eigenvalue weighted by Gasteiger charge is 2.24. The van der Waals surface area contributed by atoms with Crippen LogP contribution < -0.4 is 0 Å². The topological polar surface area (TPSA) is 52.1 Å². The number of halogens is 2. The Morgan fingerprint density at radius 1 is 1.32 bits per heavy atom. The minimum Gasteiger partial charge on any atom is -0.387 e. The standard InChI is InChI=1S/C16H19F2N3O/c17-13-1-2-14(15(18)7-13)16(22)10-21-5-3-11(4-6-21)12-8-19-20-9-12/h1-2,7-9,11,16,22H,3-6,10H2,(H,19,20)/t16-/m0/s1. The predicted octanol–water partition coefficient (Wildman–Crippen LogP) is 2.60. The van der Waals surface area contributed by atoms with Gasteiger partial charge in [-0.15, -0.1) is 0 Å². The summed E-state index contributed by atoms with van der Waals surface area (Å²) in [7, 11) is 0. The van der Waals surface area contributed by atoms with Crippen molar-refractivity contribution in [2.24, 2.45) is 0 Å². The highest BCUT2D eigenvalue weighted by atomic mass is 19.1. The fourth-order valence-corrected chi connectivity index (χ4v) is 3.05. The maximum absolute atomic E-state index is 13.7. The van der Waals surface area contributed by atoms with E-state index in [0.29, 0.717) is 12.5 Å². The van der Waals surface area contributed by atoms with Crippen LogP contribution in [-0.2, 0) is 0 Å². The largest absolute Gasteiger partial charge is 0.387 e. The van der Waals surface area contributed by atoms with Crippen LogP contribution in [0.3, 0.4) is 0 Å². The molecule has 0 spiro atoms. The number of aromatic amines is 1. The Labute approximate surface area is 127 Å². The van der Waals surface area contributed by atoms with Gasteiger partial charge in [-0.25, -0.2) is 8.78 Å². The number of aliphatic hydroxyl groups excluding tert-OH is 1. The minimum atomic E-state index is -0.939. The summed E-state index contributed by atoms with van der Waals surface area (Å²) in [6.45, 7) is 2.05. The summed E-state index contributed by atoms with van der Waals surface area (Å²) in [5, 5.41) is 17.0. The summed E-state index contributed by atoms with van der Waals surface area (Å²) in [5.74, 6) is -0.843. The maximum Gasteiger partial charge on any atom is 0.131 e. The number of piperidine rings is 1. The SMILES string of the molecule is O[C@@H](CN1CCC(c2cn[nH]c2)CC1)c1ccc(F)cc1F. The predicted molar refractivity (Wildman–Crippen MR) is 78.3 cm³/mol. The van der Waals surface area contributed by atoms with E-state index in [2.05, 4.69) is 15.1 Å². The van der Waals surface area contributed by atoms with Crippen molar-refractivity contribution in [3.05, 3.63) is 53.4 Å². The van der Waals surface area contributed by atoms with Crippen molar-refractivity contribution in [2.45, 2.75) is 24.9 Å². The summed E-state index contributed by atoms with van der Waals surface area (Å²) in [4.78, 5) is 2.12. The van der Waals surface area contributed by atoms with Crippen LogP contribution in [0.1, 0.15) is 36.0 Å². The van der Waals surface area contributed by atoms with E-state index >= 15 is 0 Å². The second kappa shape index (κ2) is 6.54. The minimum absolute atomic E-state index is 0.151. The number of rotatable bonds is 4. The lowest BCUT2D eigenvalue weighted by molar-refractivity contribution is 0.0947. The van der Waals surface area contributed by atoms with Gasteiger partial charge in [-0.2, -0.15) is 5.10 Å². The number of hydrogen-bond donors (Lipinski definition) is 2. The van der Waals surface area contributed by atoms with E-state index in [9.17, 15) is 13.9 Å². The Balaban J connectivity index is 1.56. The van der Waals surface area contributed by atoms with Gasteiger partial charge in [0.2, 0.25) is 0 Å². The molecule has 0 radical (unpaired) electrons. The number of H-pyrrole nitrogens is 1. The quantitative estimate of drug-likeness (QED) is 0.913. The molecule has 1 aromatic heterocycles. The van der Waals surface area contributed by atoms with Gasteiger partial charge in [0.1, 0.15) is 11.6 Å². The number of benzene rings is 1. The molecule has 0 bridgehead atoms. The van der Waals surface area contributed by atoms with Crippen molar-refractivity contribution < 1.29 is 13.9 Å². The van der Waals surface area contributed by atoms with Gasteiger partial charge < -0.3 is 10.0 Å². The average molecular weight is 307 g/mol. The third kappa shape index (κ3) is 3.34. The fraction of sp³-hybridized carbons (Fsp3) is 0.438. The molecule has 118 valence electrons. The molecule has 0 aliphatic carbocycles. The van der Waals surface area contributed by atoms with E-state index in [4.69, 9.17) is 0 Å². The third-order valence-corrected chi connectivity index (χ3v) is 4.33. The molecule has 2 heterocycles. The zero-order chi connectivity index (χ0) is 15.5. The van der Waals surface area contributed by atoms with E-state index in [-0.39, 0.29) is 5.56 Å². The molecule has 1 saturated heterocycles. The van der Waals surface area contributed by atoms with Crippen LogP contribution in [0.4, 0.5) is 8.78 Å². The molecule has 22 heavy (non-hydrogen) atoms. The molecule has 1 atom stereocenters. The molecule has 1 aliphatic rings. The van der Waals surface area contributed by atoms with Crippen LogP contribution in [0, 0.1) is 11.6 Å². The van der Waals surface area contributed by atoms with Crippen LogP contribution in [0.25, 0.3) is 0 Å².